The van der Waals surface area contributed by atoms with Gasteiger partial charge in [0.05, 0.1) is 18.8 Å². The molecule has 1 aliphatic carbocycles. The van der Waals surface area contributed by atoms with E-state index in [1.54, 1.807) is 12.3 Å². The number of pyridine rings is 1. The van der Waals surface area contributed by atoms with Crippen LogP contribution in [0, 0.1) is 0 Å². The lowest BCUT2D eigenvalue weighted by Gasteiger charge is -2.06. The number of imidazole rings is 1. The first-order chi connectivity index (χ1) is 7.81. The lowest BCUT2D eigenvalue weighted by molar-refractivity contribution is 0.0592. The van der Waals surface area contributed by atoms with E-state index in [9.17, 15) is 4.79 Å². The van der Waals surface area contributed by atoms with E-state index >= 15 is 0 Å². The topological polar surface area (TPSA) is 43.6 Å². The molecule has 1 fully saturated rings. The number of carbonyl (C=O) groups is 1. The van der Waals surface area contributed by atoms with Crippen LogP contribution in [0.1, 0.15) is 35.1 Å². The van der Waals surface area contributed by atoms with Gasteiger partial charge in [-0.05, 0) is 25.0 Å². The molecule has 0 saturated heterocycles. The van der Waals surface area contributed by atoms with Crippen LogP contribution < -0.4 is 0 Å². The second kappa shape index (κ2) is 3.33. The predicted octanol–water partition coefficient (Wildman–Crippen LogP) is 2.00. The highest BCUT2D eigenvalue weighted by Crippen LogP contribution is 2.39. The van der Waals surface area contributed by atoms with Gasteiger partial charge in [-0.3, -0.25) is 4.40 Å². The molecule has 2 heterocycles. The zero-order valence-electron chi connectivity index (χ0n) is 9.01. The molecular formula is C12H12N2O2. The zero-order valence-corrected chi connectivity index (χ0v) is 9.01. The molecule has 2 aromatic heterocycles. The van der Waals surface area contributed by atoms with Gasteiger partial charge in [-0.25, -0.2) is 9.78 Å². The Balaban J connectivity index is 2.25. The summed E-state index contributed by atoms with van der Waals surface area (Å²) in [5, 5.41) is 0. The van der Waals surface area contributed by atoms with Crippen LogP contribution in [0.3, 0.4) is 0 Å². The third kappa shape index (κ3) is 1.30. The summed E-state index contributed by atoms with van der Waals surface area (Å²) in [5.74, 6) is 1.18. The van der Waals surface area contributed by atoms with Gasteiger partial charge in [0.25, 0.3) is 0 Å². The van der Waals surface area contributed by atoms with Crippen LogP contribution in [0.4, 0.5) is 0 Å². The molecule has 0 atom stereocenters. The summed E-state index contributed by atoms with van der Waals surface area (Å²) >= 11 is 0. The van der Waals surface area contributed by atoms with Crippen molar-refractivity contribution < 1.29 is 9.53 Å². The van der Waals surface area contributed by atoms with Crippen molar-refractivity contribution in [2.24, 2.45) is 0 Å². The average Bonchev–Trinajstić information content (AvgIpc) is 3.07. The highest BCUT2D eigenvalue weighted by atomic mass is 16.5. The van der Waals surface area contributed by atoms with Crippen molar-refractivity contribution in [2.75, 3.05) is 7.11 Å². The Morgan fingerprint density at radius 1 is 1.50 bits per heavy atom. The smallest absolute Gasteiger partial charge is 0.355 e. The minimum absolute atomic E-state index is 0.314. The molecule has 2 aromatic rings. The van der Waals surface area contributed by atoms with Crippen molar-refractivity contribution in [3.63, 3.8) is 0 Å². The fourth-order valence-corrected chi connectivity index (χ4v) is 1.97. The van der Waals surface area contributed by atoms with Crippen molar-refractivity contribution in [1.82, 2.24) is 9.38 Å². The fourth-order valence-electron chi connectivity index (χ4n) is 1.97. The number of esters is 1. The molecule has 0 radical (unpaired) electrons. The van der Waals surface area contributed by atoms with Crippen molar-refractivity contribution in [1.29, 1.82) is 0 Å². The van der Waals surface area contributed by atoms with Crippen LogP contribution in [0.25, 0.3) is 5.52 Å². The number of rotatable bonds is 2. The molecule has 1 saturated carbocycles. The van der Waals surface area contributed by atoms with E-state index in [1.165, 1.54) is 7.11 Å². The second-order valence-electron chi connectivity index (χ2n) is 4.05. The first-order valence-corrected chi connectivity index (χ1v) is 5.36. The van der Waals surface area contributed by atoms with Crippen LogP contribution >= 0.6 is 0 Å². The van der Waals surface area contributed by atoms with Gasteiger partial charge < -0.3 is 4.74 Å². The van der Waals surface area contributed by atoms with Crippen molar-refractivity contribution >= 4 is 11.5 Å². The van der Waals surface area contributed by atoms with Crippen molar-refractivity contribution in [3.05, 3.63) is 35.9 Å². The first kappa shape index (κ1) is 9.39. The summed E-state index contributed by atoms with van der Waals surface area (Å²) in [6.45, 7) is 0. The van der Waals surface area contributed by atoms with Crippen LogP contribution in [0.2, 0.25) is 0 Å². The van der Waals surface area contributed by atoms with E-state index in [0.717, 1.165) is 24.2 Å². The van der Waals surface area contributed by atoms with Crippen molar-refractivity contribution in [3.8, 4) is 0 Å². The Bertz CT molecular complexity index is 555. The normalized spacial score (nSPS) is 15.3. The largest absolute Gasteiger partial charge is 0.464 e. The molecule has 16 heavy (non-hydrogen) atoms. The Labute approximate surface area is 92.9 Å². The molecule has 4 heteroatoms. The highest BCUT2D eigenvalue weighted by molar-refractivity contribution is 5.88. The van der Waals surface area contributed by atoms with Gasteiger partial charge in [0.1, 0.15) is 11.5 Å². The molecule has 0 aromatic carbocycles. The summed E-state index contributed by atoms with van der Waals surface area (Å²) < 4.78 is 6.69. The van der Waals surface area contributed by atoms with Crippen LogP contribution in [0.15, 0.2) is 24.4 Å². The van der Waals surface area contributed by atoms with Crippen LogP contribution in [-0.2, 0) is 4.74 Å². The molecule has 1 aliphatic rings. The summed E-state index contributed by atoms with van der Waals surface area (Å²) in [5.41, 5.74) is 1.50. The van der Waals surface area contributed by atoms with E-state index in [-0.39, 0.29) is 5.97 Å². The first-order valence-electron chi connectivity index (χ1n) is 5.36. The number of ether oxygens (including phenoxy) is 1. The Kier molecular flexibility index (Phi) is 1.96. The SMILES string of the molecule is COC(=O)c1cccc2cnc(C3CC3)n12. The summed E-state index contributed by atoms with van der Waals surface area (Å²) in [4.78, 5) is 16.0. The number of fused-ring (bicyclic) bond motifs is 1. The highest BCUT2D eigenvalue weighted by Gasteiger charge is 2.29. The van der Waals surface area contributed by atoms with Gasteiger partial charge in [0.2, 0.25) is 0 Å². The van der Waals surface area contributed by atoms with Crippen LogP contribution in [-0.4, -0.2) is 22.5 Å². The van der Waals surface area contributed by atoms with Crippen LogP contribution in [0.5, 0.6) is 0 Å². The Morgan fingerprint density at radius 3 is 3.00 bits per heavy atom. The molecular weight excluding hydrogens is 204 g/mol. The second-order valence-corrected chi connectivity index (χ2v) is 4.05. The quantitative estimate of drug-likeness (QED) is 0.721. The maximum Gasteiger partial charge on any atom is 0.355 e. The van der Waals surface area contributed by atoms with Gasteiger partial charge in [0, 0.05) is 5.92 Å². The molecule has 4 nitrogen and oxygen atoms in total. The Hall–Kier alpha value is -1.84. The third-order valence-corrected chi connectivity index (χ3v) is 2.92. The molecule has 0 unspecified atom stereocenters. The number of hydrogen-bond acceptors (Lipinski definition) is 3. The van der Waals surface area contributed by atoms with Gasteiger partial charge in [-0.1, -0.05) is 6.07 Å². The number of nitrogens with zero attached hydrogens (tertiary/aromatic N) is 2. The predicted molar refractivity (Wildman–Crippen MR) is 58.5 cm³/mol. The molecule has 0 spiro atoms. The summed E-state index contributed by atoms with van der Waals surface area (Å²) in [6.07, 6.45) is 4.13. The number of aromatic nitrogens is 2. The number of methoxy groups -OCH3 is 1. The summed E-state index contributed by atoms with van der Waals surface area (Å²) in [7, 11) is 1.40. The molecule has 82 valence electrons. The fraction of sp³-hybridized carbons (Fsp3) is 0.333. The standard InChI is InChI=1S/C12H12N2O2/c1-16-12(15)10-4-2-3-9-7-13-11(14(9)10)8-5-6-8/h2-4,7-8H,5-6H2,1H3. The molecule has 0 bridgehead atoms. The third-order valence-electron chi connectivity index (χ3n) is 2.92. The number of carbonyl (C=O) groups excluding carboxylic acids is 1. The molecule has 0 aliphatic heterocycles. The minimum Gasteiger partial charge on any atom is -0.464 e. The lowest BCUT2D eigenvalue weighted by atomic mass is 10.3. The number of hydrogen-bond donors (Lipinski definition) is 0. The zero-order chi connectivity index (χ0) is 11.1. The van der Waals surface area contributed by atoms with E-state index in [2.05, 4.69) is 4.98 Å². The average molecular weight is 216 g/mol. The van der Waals surface area contributed by atoms with E-state index < -0.39 is 0 Å². The Morgan fingerprint density at radius 2 is 2.31 bits per heavy atom. The van der Waals surface area contributed by atoms with Gasteiger partial charge in [0.15, 0.2) is 0 Å². The molecule has 3 rings (SSSR count). The monoisotopic (exact) mass is 216 g/mol. The summed E-state index contributed by atoms with van der Waals surface area (Å²) in [6, 6.07) is 5.57. The van der Waals surface area contributed by atoms with Gasteiger partial charge in [-0.2, -0.15) is 0 Å². The molecule has 0 N–H and O–H groups in total. The maximum atomic E-state index is 11.6. The van der Waals surface area contributed by atoms with E-state index in [4.69, 9.17) is 4.74 Å². The van der Waals surface area contributed by atoms with Gasteiger partial charge >= 0.3 is 5.97 Å². The van der Waals surface area contributed by atoms with E-state index in [1.807, 2.05) is 16.5 Å². The maximum absolute atomic E-state index is 11.6. The van der Waals surface area contributed by atoms with Gasteiger partial charge in [-0.15, -0.1) is 0 Å². The van der Waals surface area contributed by atoms with E-state index in [0.29, 0.717) is 11.6 Å². The molecule has 0 amide bonds. The minimum atomic E-state index is -0.314. The lowest BCUT2D eigenvalue weighted by Crippen LogP contribution is -2.09. The van der Waals surface area contributed by atoms with Crippen molar-refractivity contribution in [2.45, 2.75) is 18.8 Å².